The third-order valence-electron chi connectivity index (χ3n) is 17.8. The predicted octanol–water partition coefficient (Wildman–Crippen LogP) is 30.7. The van der Waals surface area contributed by atoms with E-state index in [-0.39, 0.29) is 0 Å². The lowest BCUT2D eigenvalue weighted by atomic mass is 9.84. The Morgan fingerprint density at radius 1 is 0.230 bits per heavy atom. The number of benzene rings is 8. The van der Waals surface area contributed by atoms with E-state index in [0.29, 0.717) is 0 Å². The van der Waals surface area contributed by atoms with Crippen LogP contribution in [0.15, 0.2) is 180 Å². The van der Waals surface area contributed by atoms with Crippen molar-refractivity contribution in [3.8, 4) is 0 Å². The molecule has 8 aromatic rings. The molecule has 6 aliphatic carbocycles. The molecule has 548 valence electrons. The molecule has 100 heavy (non-hydrogen) atoms. The number of hydrogen-bond acceptors (Lipinski definition) is 0. The second-order valence-corrected chi connectivity index (χ2v) is 26.4. The van der Waals surface area contributed by atoms with Gasteiger partial charge in [0.2, 0.25) is 0 Å². The van der Waals surface area contributed by atoms with Crippen molar-refractivity contribution < 1.29 is 0 Å². The number of hydrogen-bond donors (Lipinski definition) is 0. The summed E-state index contributed by atoms with van der Waals surface area (Å²) in [7, 11) is 0. The van der Waals surface area contributed by atoms with Gasteiger partial charge in [-0.1, -0.05) is 361 Å². The highest BCUT2D eigenvalue weighted by molar-refractivity contribution is 5.83. The molecule has 0 radical (unpaired) electrons. The normalized spacial score (nSPS) is 14.4. The zero-order chi connectivity index (χ0) is 75.9. The first kappa shape index (κ1) is 93.0. The van der Waals surface area contributed by atoms with Crippen molar-refractivity contribution in [2.45, 2.75) is 298 Å². The summed E-state index contributed by atoms with van der Waals surface area (Å²) in [5, 5.41) is 2.67. The molecule has 0 saturated heterocycles. The average molecular weight is 1350 g/mol. The molecule has 0 aliphatic heterocycles. The maximum Gasteiger partial charge on any atom is -0.00669 e. The third-order valence-corrected chi connectivity index (χ3v) is 17.8. The minimum absolute atomic E-state index is 0.889. The SMILES string of the molecule is CC.CC.CC.CC.CC.CC.CC.CC.CC1=CCc2cc(C)ccc2C1.CC1=CCc2cc(C)ccc2C1.CC1=Cc2ccc(C)cc2CC1.CC1=Cc2ccc(C)cc2CC1.Cc1ccc2c(c1)CCC(C)C2.Cc1ccc2c(c1)CCC(C)C2.Cc1ccc2cc(C)ccc2c1. The fourth-order valence-corrected chi connectivity index (χ4v) is 12.7. The van der Waals surface area contributed by atoms with Crippen LogP contribution in [0.4, 0.5) is 0 Å². The van der Waals surface area contributed by atoms with Crippen LogP contribution in [0.3, 0.4) is 0 Å². The fraction of sp³-hybridized carbons (Fsp3) is 0.460. The van der Waals surface area contributed by atoms with Gasteiger partial charge >= 0.3 is 0 Å². The van der Waals surface area contributed by atoms with E-state index in [9.17, 15) is 0 Å². The molecule has 2 unspecified atom stereocenters. The highest BCUT2D eigenvalue weighted by atomic mass is 14.2. The summed E-state index contributed by atoms with van der Waals surface area (Å²) < 4.78 is 0. The maximum atomic E-state index is 2.35. The lowest BCUT2D eigenvalue weighted by Crippen LogP contribution is -2.10. The van der Waals surface area contributed by atoms with Crippen molar-refractivity contribution in [1.29, 1.82) is 0 Å². The molecule has 0 saturated carbocycles. The van der Waals surface area contributed by atoms with Gasteiger partial charge in [-0.05, 0) is 262 Å². The van der Waals surface area contributed by atoms with E-state index in [1.807, 2.05) is 111 Å². The van der Waals surface area contributed by atoms with Gasteiger partial charge in [-0.3, -0.25) is 0 Å². The van der Waals surface area contributed by atoms with E-state index in [1.54, 1.807) is 22.3 Å². The summed E-state index contributed by atoms with van der Waals surface area (Å²) in [6, 6.07) is 53.9. The summed E-state index contributed by atoms with van der Waals surface area (Å²) in [4.78, 5) is 0. The van der Waals surface area contributed by atoms with Gasteiger partial charge in [-0.2, -0.15) is 0 Å². The topological polar surface area (TPSA) is 0 Å². The fourth-order valence-electron chi connectivity index (χ4n) is 12.7. The summed E-state index contributed by atoms with van der Waals surface area (Å²) in [6.45, 7) is 62.8. The number of rotatable bonds is 0. The van der Waals surface area contributed by atoms with Crippen molar-refractivity contribution in [2.24, 2.45) is 11.8 Å². The van der Waals surface area contributed by atoms with Gasteiger partial charge in [-0.15, -0.1) is 0 Å². The molecular formula is C100H148. The molecule has 0 N–H and O–H groups in total. The van der Waals surface area contributed by atoms with Crippen LogP contribution in [0.2, 0.25) is 0 Å². The van der Waals surface area contributed by atoms with Crippen molar-refractivity contribution in [2.75, 3.05) is 0 Å². The summed E-state index contributed by atoms with van der Waals surface area (Å²) in [6.07, 6.45) is 26.6. The smallest absolute Gasteiger partial charge is 0.00669 e. The van der Waals surface area contributed by atoms with Gasteiger partial charge in [0.15, 0.2) is 0 Å². The molecule has 0 heteroatoms. The van der Waals surface area contributed by atoms with Crippen molar-refractivity contribution in [3.05, 3.63) is 291 Å². The minimum atomic E-state index is 0.889. The van der Waals surface area contributed by atoms with Crippen molar-refractivity contribution >= 4 is 22.9 Å². The first-order valence-corrected chi connectivity index (χ1v) is 39.9. The van der Waals surface area contributed by atoms with Crippen LogP contribution < -0.4 is 0 Å². The van der Waals surface area contributed by atoms with Crippen LogP contribution in [0, 0.1) is 67.2 Å². The highest BCUT2D eigenvalue weighted by Crippen LogP contribution is 2.30. The van der Waals surface area contributed by atoms with Gasteiger partial charge in [0.05, 0.1) is 0 Å². The lowest BCUT2D eigenvalue weighted by Gasteiger charge is -2.21. The first-order valence-electron chi connectivity index (χ1n) is 39.9. The van der Waals surface area contributed by atoms with Crippen LogP contribution in [0.25, 0.3) is 22.9 Å². The Bertz CT molecular complexity index is 3430. The highest BCUT2D eigenvalue weighted by Gasteiger charge is 2.16. The third kappa shape index (κ3) is 34.1. The Labute approximate surface area is 619 Å². The van der Waals surface area contributed by atoms with E-state index >= 15 is 0 Å². The van der Waals surface area contributed by atoms with Crippen molar-refractivity contribution in [3.63, 3.8) is 0 Å². The maximum absolute atomic E-state index is 2.35. The minimum Gasteiger partial charge on any atom is -0.0809 e. The van der Waals surface area contributed by atoms with Gasteiger partial charge < -0.3 is 0 Å². The molecule has 8 aromatic carbocycles. The zero-order valence-corrected chi connectivity index (χ0v) is 70.2. The Balaban J connectivity index is 0.00000110. The number of aryl methyl sites for hydroxylation is 12. The standard InChI is InChI=1S/2C12H16.4C12H14.C12H12.8C2H6/c7*1-9-3-5-12-8-10(2)4-6-11(12)7-9;8*1-2/h2*3,5,7,10H,4,6,8H2,1-2H3;2*3,5,7-8H,4,6H2,1-2H3;2*3-5,7H,6,8H2,1-2H3;3-8H,1-2H3;8*1-2H3. The molecule has 14 rings (SSSR count). The zero-order valence-electron chi connectivity index (χ0n) is 70.2. The van der Waals surface area contributed by atoms with Crippen LogP contribution in [-0.2, 0) is 64.2 Å². The average Bonchev–Trinajstić information content (AvgIpc) is 0.940. The predicted molar refractivity (Wildman–Crippen MR) is 460 cm³/mol. The number of fused-ring (bicyclic) bond motifs is 7. The largest absolute Gasteiger partial charge is 0.0809 e. The first-order chi connectivity index (χ1) is 48.3. The number of allylic oxidation sites excluding steroid dienone is 6. The summed E-state index contributed by atoms with van der Waals surface area (Å²) >= 11 is 0. The van der Waals surface area contributed by atoms with Crippen LogP contribution in [0.1, 0.15) is 289 Å². The van der Waals surface area contributed by atoms with E-state index in [0.717, 1.165) is 37.5 Å². The van der Waals surface area contributed by atoms with E-state index in [2.05, 4.69) is 267 Å². The van der Waals surface area contributed by atoms with Gasteiger partial charge in [0.25, 0.3) is 0 Å². The Hall–Kier alpha value is -7.02. The second-order valence-electron chi connectivity index (χ2n) is 26.4. The summed E-state index contributed by atoms with van der Waals surface area (Å²) in [5.74, 6) is 1.78. The Morgan fingerprint density at radius 3 is 0.810 bits per heavy atom. The monoisotopic (exact) mass is 1350 g/mol. The molecule has 0 nitrogen and oxygen atoms in total. The van der Waals surface area contributed by atoms with Crippen LogP contribution in [-0.4, -0.2) is 0 Å². The molecule has 2 atom stereocenters. The van der Waals surface area contributed by atoms with Gasteiger partial charge in [-0.25, -0.2) is 0 Å². The van der Waals surface area contributed by atoms with E-state index in [4.69, 9.17) is 0 Å². The van der Waals surface area contributed by atoms with Gasteiger partial charge in [0.1, 0.15) is 0 Å². The van der Waals surface area contributed by atoms with E-state index < -0.39 is 0 Å². The molecule has 0 spiro atoms. The molecular weight excluding hydrogens is 1200 g/mol. The summed E-state index contributed by atoms with van der Waals surface area (Å²) in [5.41, 5.74) is 35.3. The van der Waals surface area contributed by atoms with Crippen LogP contribution in [0.5, 0.6) is 0 Å². The van der Waals surface area contributed by atoms with E-state index in [1.165, 1.54) is 186 Å². The molecule has 0 amide bonds. The Morgan fingerprint density at radius 2 is 0.490 bits per heavy atom. The molecule has 0 aromatic heterocycles. The van der Waals surface area contributed by atoms with Crippen molar-refractivity contribution in [1.82, 2.24) is 0 Å². The lowest BCUT2D eigenvalue weighted by molar-refractivity contribution is 0.501. The molecule has 6 aliphatic rings. The molecule has 0 heterocycles. The molecule has 0 bridgehead atoms. The Kier molecular flexibility index (Phi) is 50.0. The molecule has 0 fully saturated rings. The van der Waals surface area contributed by atoms with Gasteiger partial charge in [0, 0.05) is 0 Å². The quantitative estimate of drug-likeness (QED) is 0.133. The second kappa shape index (κ2) is 53.8. The van der Waals surface area contributed by atoms with Crippen LogP contribution >= 0.6 is 0 Å².